The summed E-state index contributed by atoms with van der Waals surface area (Å²) in [6.07, 6.45) is 8.53. The van der Waals surface area contributed by atoms with Crippen LogP contribution in [0.4, 0.5) is 5.82 Å². The molecule has 0 fully saturated rings. The number of hydrogen-bond donors (Lipinski definition) is 1. The summed E-state index contributed by atoms with van der Waals surface area (Å²) in [7, 11) is 0. The molecule has 2 aromatic rings. The van der Waals surface area contributed by atoms with E-state index < -0.39 is 6.10 Å². The van der Waals surface area contributed by atoms with Gasteiger partial charge < -0.3 is 10.0 Å². The van der Waals surface area contributed by atoms with Crippen LogP contribution < -0.4 is 0 Å². The number of aromatic nitrogens is 2. The molecule has 0 spiro atoms. The Kier molecular flexibility index (Phi) is 9.09. The number of aliphatic hydroxyl groups excluding tert-OH is 1. The number of benzene rings is 1. The zero-order valence-electron chi connectivity index (χ0n) is 21.1. The fourth-order valence-corrected chi connectivity index (χ4v) is 3.80. The number of aliphatic imine (C=N–C) groups is 2. The second-order valence-corrected chi connectivity index (χ2v) is 8.91. The first-order valence-electron chi connectivity index (χ1n) is 12.0. The van der Waals surface area contributed by atoms with Crippen LogP contribution in [0.5, 0.6) is 0 Å². The van der Waals surface area contributed by atoms with E-state index in [2.05, 4.69) is 24.7 Å². The van der Waals surface area contributed by atoms with Gasteiger partial charge in [0.25, 0.3) is 0 Å². The smallest absolute Gasteiger partial charge is 0.225 e. The number of carbonyl (C=O) groups is 1. The highest BCUT2D eigenvalue weighted by molar-refractivity contribution is 6.12. The first-order valence-corrected chi connectivity index (χ1v) is 12.0. The number of carbonyl (C=O) groups excluding carboxylic acids is 1. The maximum absolute atomic E-state index is 12.7. The molecule has 35 heavy (non-hydrogen) atoms. The molecular weight excluding hydrogens is 438 g/mol. The third kappa shape index (κ3) is 7.20. The van der Waals surface area contributed by atoms with Gasteiger partial charge in [0, 0.05) is 30.2 Å². The highest BCUT2D eigenvalue weighted by Gasteiger charge is 2.19. The average molecular weight is 474 g/mol. The summed E-state index contributed by atoms with van der Waals surface area (Å²) in [5.74, 6) is 0.577. The van der Waals surface area contributed by atoms with Gasteiger partial charge >= 0.3 is 0 Å². The van der Waals surface area contributed by atoms with Crippen molar-refractivity contribution in [3.05, 3.63) is 65.9 Å². The number of rotatable bonds is 7. The van der Waals surface area contributed by atoms with Crippen LogP contribution in [0.15, 0.2) is 64.7 Å². The normalized spacial score (nSPS) is 18.9. The van der Waals surface area contributed by atoms with Gasteiger partial charge in [0.2, 0.25) is 5.91 Å². The first kappa shape index (κ1) is 26.0. The molecule has 0 bridgehead atoms. The van der Waals surface area contributed by atoms with Gasteiger partial charge in [-0.15, -0.1) is 0 Å². The van der Waals surface area contributed by atoms with E-state index in [-0.39, 0.29) is 12.3 Å². The number of nitrogens with zero attached hydrogens (tertiary/aromatic N) is 5. The fourth-order valence-electron chi connectivity index (χ4n) is 3.80. The molecule has 1 unspecified atom stereocenters. The molecule has 1 aromatic carbocycles. The summed E-state index contributed by atoms with van der Waals surface area (Å²) in [6.45, 7) is 12.8. The van der Waals surface area contributed by atoms with Crippen LogP contribution in [0.25, 0.3) is 17.5 Å². The Hall–Kier alpha value is -3.58. The van der Waals surface area contributed by atoms with Crippen molar-refractivity contribution >= 4 is 41.1 Å². The number of amides is 1. The van der Waals surface area contributed by atoms with Crippen LogP contribution in [-0.4, -0.2) is 56.8 Å². The maximum Gasteiger partial charge on any atom is 0.225 e. The van der Waals surface area contributed by atoms with Crippen molar-refractivity contribution in [1.29, 1.82) is 0 Å². The maximum atomic E-state index is 12.7. The van der Waals surface area contributed by atoms with Gasteiger partial charge in [0.1, 0.15) is 0 Å². The lowest BCUT2D eigenvalue weighted by Crippen LogP contribution is -2.37. The molecule has 1 aliphatic rings. The number of aliphatic hydroxyl groups is 1. The van der Waals surface area contributed by atoms with Crippen LogP contribution in [-0.2, 0) is 4.79 Å². The zero-order valence-corrected chi connectivity index (χ0v) is 21.1. The topological polar surface area (TPSA) is 83.1 Å². The van der Waals surface area contributed by atoms with E-state index in [0.717, 1.165) is 34.5 Å². The highest BCUT2D eigenvalue weighted by Crippen LogP contribution is 2.27. The van der Waals surface area contributed by atoms with E-state index in [1.165, 1.54) is 0 Å². The minimum absolute atomic E-state index is 0.0793. The van der Waals surface area contributed by atoms with E-state index >= 15 is 0 Å². The minimum Gasteiger partial charge on any atom is -0.393 e. The average Bonchev–Trinajstić information content (AvgIpc) is 3.20. The molecule has 7 nitrogen and oxygen atoms in total. The second-order valence-electron chi connectivity index (χ2n) is 8.91. The van der Waals surface area contributed by atoms with E-state index in [1.54, 1.807) is 28.9 Å². The van der Waals surface area contributed by atoms with Gasteiger partial charge in [-0.25, -0.2) is 9.67 Å². The lowest BCUT2D eigenvalue weighted by atomic mass is 10.1. The molecule has 1 aromatic heterocycles. The number of fused-ring (bicyclic) bond motifs is 1. The van der Waals surface area contributed by atoms with Crippen molar-refractivity contribution in [2.45, 2.75) is 53.1 Å². The summed E-state index contributed by atoms with van der Waals surface area (Å²) in [5.41, 5.74) is 5.27. The number of allylic oxidation sites excluding steroid dienone is 2. The molecule has 1 aliphatic heterocycles. The number of hydrogen-bond acceptors (Lipinski definition) is 5. The monoisotopic (exact) mass is 473 g/mol. The van der Waals surface area contributed by atoms with Gasteiger partial charge in [-0.3, -0.25) is 9.79 Å². The van der Waals surface area contributed by atoms with Gasteiger partial charge in [0.15, 0.2) is 5.82 Å². The lowest BCUT2D eigenvalue weighted by molar-refractivity contribution is -0.132. The Morgan fingerprint density at radius 2 is 2.03 bits per heavy atom. The third-order valence-electron chi connectivity index (χ3n) is 5.60. The molecule has 184 valence electrons. The predicted octanol–water partition coefficient (Wildman–Crippen LogP) is 5.37. The molecule has 7 heteroatoms. The largest absolute Gasteiger partial charge is 0.393 e. The Bertz CT molecular complexity index is 1170. The molecule has 3 rings (SSSR count). The lowest BCUT2D eigenvalue weighted by Gasteiger charge is -2.24. The van der Waals surface area contributed by atoms with Crippen molar-refractivity contribution in [2.75, 3.05) is 13.1 Å². The summed E-state index contributed by atoms with van der Waals surface area (Å²) in [5, 5.41) is 14.2. The SMILES string of the molecule is C=C(C=N/C(=C\CC)c1ccccc1)c1cnn2c1/N=C(\C)CN(C(=O)CC(C)O)CC/C(C)=C/2. The van der Waals surface area contributed by atoms with Crippen molar-refractivity contribution in [3.63, 3.8) is 0 Å². The molecular formula is C28H35N5O2. The van der Waals surface area contributed by atoms with E-state index in [0.29, 0.717) is 30.9 Å². The molecule has 1 atom stereocenters. The zero-order chi connectivity index (χ0) is 25.4. The molecule has 1 amide bonds. The van der Waals surface area contributed by atoms with Crippen molar-refractivity contribution in [3.8, 4) is 0 Å². The van der Waals surface area contributed by atoms with Crippen LogP contribution in [0.1, 0.15) is 58.1 Å². The van der Waals surface area contributed by atoms with Crippen molar-refractivity contribution in [1.82, 2.24) is 14.7 Å². The molecule has 1 N–H and O–H groups in total. The van der Waals surface area contributed by atoms with Gasteiger partial charge in [-0.05, 0) is 44.7 Å². The summed E-state index contributed by atoms with van der Waals surface area (Å²) < 4.78 is 1.76. The quantitative estimate of drug-likeness (QED) is 0.549. The Labute approximate surface area is 207 Å². The van der Waals surface area contributed by atoms with Crippen LogP contribution >= 0.6 is 0 Å². The molecule has 2 heterocycles. The summed E-state index contributed by atoms with van der Waals surface area (Å²) in [6, 6.07) is 10.1. The first-order chi connectivity index (χ1) is 16.8. The van der Waals surface area contributed by atoms with Crippen LogP contribution in [0.2, 0.25) is 0 Å². The third-order valence-corrected chi connectivity index (χ3v) is 5.60. The highest BCUT2D eigenvalue weighted by atomic mass is 16.3. The predicted molar refractivity (Wildman–Crippen MR) is 145 cm³/mol. The summed E-state index contributed by atoms with van der Waals surface area (Å²) in [4.78, 5) is 24.0. The molecule has 0 saturated heterocycles. The molecule has 0 saturated carbocycles. The summed E-state index contributed by atoms with van der Waals surface area (Å²) >= 11 is 0. The Morgan fingerprint density at radius 3 is 2.71 bits per heavy atom. The van der Waals surface area contributed by atoms with Crippen LogP contribution in [0, 0.1) is 0 Å². The Morgan fingerprint density at radius 1 is 1.29 bits per heavy atom. The Balaban J connectivity index is 1.92. The van der Waals surface area contributed by atoms with E-state index in [4.69, 9.17) is 9.98 Å². The minimum atomic E-state index is -0.676. The standard InChI is InChI=1S/C28H35N5O2/c1-6-10-26(24-11-8-7-9-12-24)29-16-21(3)25-17-30-33-18-20(2)13-14-32(27(35)15-23(5)34)19-22(4)31-28(25)33/h7-12,16-18,23,34H,3,6,13-15,19H2,1-2,4-5H3/b20-18+,26-10-,29-16?,31-22+. The van der Waals surface area contributed by atoms with Gasteiger partial charge in [0.05, 0.1) is 31.0 Å². The van der Waals surface area contributed by atoms with Crippen molar-refractivity contribution in [2.24, 2.45) is 9.98 Å². The van der Waals surface area contributed by atoms with Gasteiger partial charge in [-0.1, -0.05) is 55.5 Å². The van der Waals surface area contributed by atoms with E-state index in [9.17, 15) is 9.90 Å². The fraction of sp³-hybridized carbons (Fsp3) is 0.357. The second kappa shape index (κ2) is 12.2. The van der Waals surface area contributed by atoms with Gasteiger partial charge in [-0.2, -0.15) is 5.10 Å². The van der Waals surface area contributed by atoms with Crippen LogP contribution in [0.3, 0.4) is 0 Å². The molecule has 0 radical (unpaired) electrons. The van der Waals surface area contributed by atoms with E-state index in [1.807, 2.05) is 50.4 Å². The van der Waals surface area contributed by atoms with Crippen molar-refractivity contribution < 1.29 is 9.90 Å². The molecule has 0 aliphatic carbocycles.